The van der Waals surface area contributed by atoms with Crippen LogP contribution in [0, 0.1) is 5.82 Å². The second kappa shape index (κ2) is 13.1. The highest BCUT2D eigenvalue weighted by molar-refractivity contribution is 8.15. The van der Waals surface area contributed by atoms with E-state index in [1.165, 1.54) is 22.7 Å². The first-order valence-electron chi connectivity index (χ1n) is 12.4. The summed E-state index contributed by atoms with van der Waals surface area (Å²) in [7, 11) is 1.56. The Hall–Kier alpha value is -4.18. The molecule has 0 bridgehead atoms. The van der Waals surface area contributed by atoms with Gasteiger partial charge in [-0.05, 0) is 73.5 Å². The van der Waals surface area contributed by atoms with Gasteiger partial charge in [-0.3, -0.25) is 14.5 Å². The number of thioether (sulfide) groups is 1. The van der Waals surface area contributed by atoms with E-state index in [0.717, 1.165) is 0 Å². The Morgan fingerprint density at radius 3 is 2.44 bits per heavy atom. The lowest BCUT2D eigenvalue weighted by molar-refractivity contribution is -0.128. The van der Waals surface area contributed by atoms with Gasteiger partial charge in [0, 0.05) is 18.7 Å². The minimum Gasteiger partial charge on any atom is -0.497 e. The second-order valence-corrected chi connectivity index (χ2v) is 9.75. The van der Waals surface area contributed by atoms with Crippen molar-refractivity contribution in [2.45, 2.75) is 25.0 Å². The molecule has 1 heterocycles. The molecule has 202 valence electrons. The third-order valence-corrected chi connectivity index (χ3v) is 7.11. The molecule has 0 spiro atoms. The Labute approximate surface area is 230 Å². The summed E-state index contributed by atoms with van der Waals surface area (Å²) >= 11 is 1.18. The van der Waals surface area contributed by atoms with Gasteiger partial charge < -0.3 is 14.8 Å². The number of methoxy groups -OCH3 is 1. The zero-order valence-electron chi connectivity index (χ0n) is 21.6. The Balaban J connectivity index is 1.51. The fourth-order valence-electron chi connectivity index (χ4n) is 3.92. The SMILES string of the molecule is CCOC(=O)c1ccc(N=C2S[C@H](CC(=O)Nc3ccc(OC)cc3)C(=O)N2CCc2ccccc2F)cc1. The van der Waals surface area contributed by atoms with E-state index in [-0.39, 0.29) is 43.6 Å². The summed E-state index contributed by atoms with van der Waals surface area (Å²) < 4.78 is 24.4. The van der Waals surface area contributed by atoms with Crippen LogP contribution in [-0.4, -0.2) is 53.4 Å². The Bertz CT molecular complexity index is 1360. The molecule has 0 radical (unpaired) electrons. The predicted octanol–water partition coefficient (Wildman–Crippen LogP) is 5.21. The monoisotopic (exact) mass is 549 g/mol. The van der Waals surface area contributed by atoms with Crippen molar-refractivity contribution in [3.63, 3.8) is 0 Å². The molecule has 2 amide bonds. The maximum Gasteiger partial charge on any atom is 0.338 e. The van der Waals surface area contributed by atoms with Crippen molar-refractivity contribution in [3.8, 4) is 5.75 Å². The van der Waals surface area contributed by atoms with Crippen LogP contribution in [0.5, 0.6) is 5.75 Å². The van der Waals surface area contributed by atoms with Gasteiger partial charge in [0.25, 0.3) is 0 Å². The Morgan fingerprint density at radius 2 is 1.77 bits per heavy atom. The van der Waals surface area contributed by atoms with Crippen LogP contribution in [0.4, 0.5) is 15.8 Å². The first-order valence-corrected chi connectivity index (χ1v) is 13.3. The molecule has 0 unspecified atom stereocenters. The van der Waals surface area contributed by atoms with Crippen molar-refractivity contribution in [2.24, 2.45) is 4.99 Å². The topological polar surface area (TPSA) is 97.3 Å². The number of nitrogens with one attached hydrogen (secondary N) is 1. The van der Waals surface area contributed by atoms with Gasteiger partial charge in [-0.15, -0.1) is 0 Å². The number of nitrogens with zero attached hydrogens (tertiary/aromatic N) is 2. The van der Waals surface area contributed by atoms with E-state index in [9.17, 15) is 18.8 Å². The highest BCUT2D eigenvalue weighted by Gasteiger charge is 2.39. The van der Waals surface area contributed by atoms with Gasteiger partial charge in [-0.2, -0.15) is 0 Å². The highest BCUT2D eigenvalue weighted by Crippen LogP contribution is 2.32. The van der Waals surface area contributed by atoms with Crippen LogP contribution in [-0.2, 0) is 20.7 Å². The van der Waals surface area contributed by atoms with E-state index < -0.39 is 11.2 Å². The van der Waals surface area contributed by atoms with Crippen molar-refractivity contribution in [3.05, 3.63) is 89.7 Å². The number of amides is 2. The summed E-state index contributed by atoms with van der Waals surface area (Å²) in [5, 5.41) is 2.51. The average Bonchev–Trinajstić information content (AvgIpc) is 3.22. The number of aliphatic imine (C=N–C) groups is 1. The molecule has 1 atom stereocenters. The summed E-state index contributed by atoms with van der Waals surface area (Å²) in [5.74, 6) is -0.712. The zero-order valence-corrected chi connectivity index (χ0v) is 22.4. The van der Waals surface area contributed by atoms with E-state index in [1.807, 2.05) is 0 Å². The van der Waals surface area contributed by atoms with Crippen LogP contribution in [0.3, 0.4) is 0 Å². The Kier molecular flexibility index (Phi) is 9.32. The molecule has 4 rings (SSSR count). The first-order chi connectivity index (χ1) is 18.9. The normalized spacial score (nSPS) is 15.9. The Morgan fingerprint density at radius 1 is 1.05 bits per heavy atom. The summed E-state index contributed by atoms with van der Waals surface area (Å²) in [4.78, 5) is 44.2. The van der Waals surface area contributed by atoms with Crippen LogP contribution in [0.15, 0.2) is 77.8 Å². The first kappa shape index (κ1) is 27.8. The lowest BCUT2D eigenvalue weighted by Crippen LogP contribution is -2.35. The van der Waals surface area contributed by atoms with E-state index in [0.29, 0.717) is 33.4 Å². The van der Waals surface area contributed by atoms with Gasteiger partial charge >= 0.3 is 5.97 Å². The molecular weight excluding hydrogens is 521 g/mol. The average molecular weight is 550 g/mol. The second-order valence-electron chi connectivity index (χ2n) is 8.58. The van der Waals surface area contributed by atoms with E-state index >= 15 is 0 Å². The third kappa shape index (κ3) is 7.23. The lowest BCUT2D eigenvalue weighted by atomic mass is 10.1. The molecule has 3 aromatic rings. The van der Waals surface area contributed by atoms with E-state index in [2.05, 4.69) is 10.3 Å². The standard InChI is InChI=1S/C29H28FN3O5S/c1-3-38-28(36)20-8-10-22(11-9-20)32-29-33(17-16-19-6-4-5-7-24(19)30)27(35)25(39-29)18-26(34)31-21-12-14-23(37-2)15-13-21/h4-15,25H,3,16-18H2,1-2H3,(H,31,34)/t25-/m1/s1. The lowest BCUT2D eigenvalue weighted by Gasteiger charge is -2.17. The number of carbonyl (C=O) groups is 3. The van der Waals surface area contributed by atoms with E-state index in [1.54, 1.807) is 80.8 Å². The fraction of sp³-hybridized carbons (Fsp3) is 0.241. The van der Waals surface area contributed by atoms with Crippen molar-refractivity contribution < 1.29 is 28.2 Å². The minimum absolute atomic E-state index is 0.0630. The smallest absolute Gasteiger partial charge is 0.338 e. The van der Waals surface area contributed by atoms with Gasteiger partial charge in [-0.1, -0.05) is 30.0 Å². The number of hydrogen-bond acceptors (Lipinski definition) is 7. The molecule has 1 aliphatic rings. The van der Waals surface area contributed by atoms with Gasteiger partial charge in [0.05, 0.1) is 25.0 Å². The number of esters is 1. The molecule has 8 nitrogen and oxygen atoms in total. The summed E-state index contributed by atoms with van der Waals surface area (Å²) in [6.45, 7) is 2.20. The molecule has 1 N–H and O–H groups in total. The number of halogens is 1. The summed E-state index contributed by atoms with van der Waals surface area (Å²) in [5.41, 5.74) is 1.98. The van der Waals surface area contributed by atoms with Gasteiger partial charge in [0.1, 0.15) is 16.8 Å². The maximum atomic E-state index is 14.2. The summed E-state index contributed by atoms with van der Waals surface area (Å²) in [6.07, 6.45) is 0.219. The molecule has 39 heavy (non-hydrogen) atoms. The molecule has 1 saturated heterocycles. The number of benzene rings is 3. The van der Waals surface area contributed by atoms with Crippen molar-refractivity contribution >= 4 is 46.1 Å². The molecule has 0 aliphatic carbocycles. The molecule has 0 saturated carbocycles. The number of hydrogen-bond donors (Lipinski definition) is 1. The van der Waals surface area contributed by atoms with E-state index in [4.69, 9.17) is 9.47 Å². The molecule has 1 aliphatic heterocycles. The number of rotatable bonds is 10. The van der Waals surface area contributed by atoms with Gasteiger partial charge in [-0.25, -0.2) is 14.2 Å². The molecular formula is C29H28FN3O5S. The van der Waals surface area contributed by atoms with Crippen LogP contribution in [0.1, 0.15) is 29.3 Å². The molecule has 3 aromatic carbocycles. The number of amidine groups is 1. The number of ether oxygens (including phenoxy) is 2. The molecule has 0 aromatic heterocycles. The highest BCUT2D eigenvalue weighted by atomic mass is 32.2. The molecule has 1 fully saturated rings. The minimum atomic E-state index is -0.693. The quantitative estimate of drug-likeness (QED) is 0.349. The van der Waals surface area contributed by atoms with Crippen LogP contribution >= 0.6 is 11.8 Å². The van der Waals surface area contributed by atoms with Gasteiger partial charge in [0.2, 0.25) is 11.8 Å². The number of carbonyl (C=O) groups excluding carboxylic acids is 3. The summed E-state index contributed by atoms with van der Waals surface area (Å²) in [6, 6.07) is 19.8. The fourth-order valence-corrected chi connectivity index (χ4v) is 5.10. The molecule has 10 heteroatoms. The van der Waals surface area contributed by atoms with Crippen molar-refractivity contribution in [1.82, 2.24) is 4.90 Å². The van der Waals surface area contributed by atoms with Crippen molar-refractivity contribution in [2.75, 3.05) is 25.6 Å². The zero-order chi connectivity index (χ0) is 27.8. The van der Waals surface area contributed by atoms with Crippen LogP contribution < -0.4 is 10.1 Å². The van der Waals surface area contributed by atoms with Gasteiger partial charge in [0.15, 0.2) is 5.17 Å². The maximum absolute atomic E-state index is 14.2. The third-order valence-electron chi connectivity index (χ3n) is 5.93. The predicted molar refractivity (Wildman–Crippen MR) is 149 cm³/mol. The number of anilines is 1. The van der Waals surface area contributed by atoms with Crippen LogP contribution in [0.2, 0.25) is 0 Å². The largest absolute Gasteiger partial charge is 0.497 e. The van der Waals surface area contributed by atoms with Crippen LogP contribution in [0.25, 0.3) is 0 Å². The van der Waals surface area contributed by atoms with Crippen molar-refractivity contribution in [1.29, 1.82) is 0 Å².